The first-order chi connectivity index (χ1) is 10.1. The van der Waals surface area contributed by atoms with E-state index < -0.39 is 0 Å². The molecular formula is C17H15ClN2O. The standard InChI is InChI=1S/C17H15ClN2O/c1-10-16(19)12-8-13(18)15(21-2)9-14(12)20-17(10)11-6-4-3-5-7-11/h3-9H,1-2H3,(H2,19,20). The fraction of sp³-hybridized carbons (Fsp3) is 0.118. The SMILES string of the molecule is COc1cc2nc(-c3ccccc3)c(C)c(N)c2cc1Cl. The largest absolute Gasteiger partial charge is 0.495 e. The van der Waals surface area contributed by atoms with Crippen LogP contribution in [0.15, 0.2) is 42.5 Å². The second kappa shape index (κ2) is 5.26. The van der Waals surface area contributed by atoms with E-state index in [-0.39, 0.29) is 0 Å². The summed E-state index contributed by atoms with van der Waals surface area (Å²) < 4.78 is 5.26. The predicted molar refractivity (Wildman–Crippen MR) is 87.9 cm³/mol. The first-order valence-electron chi connectivity index (χ1n) is 6.60. The highest BCUT2D eigenvalue weighted by Gasteiger charge is 2.13. The Labute approximate surface area is 128 Å². The van der Waals surface area contributed by atoms with E-state index in [0.717, 1.165) is 27.7 Å². The molecule has 0 saturated carbocycles. The second-order valence-corrected chi connectivity index (χ2v) is 5.28. The quantitative estimate of drug-likeness (QED) is 0.760. The summed E-state index contributed by atoms with van der Waals surface area (Å²) >= 11 is 6.18. The summed E-state index contributed by atoms with van der Waals surface area (Å²) in [6, 6.07) is 13.6. The summed E-state index contributed by atoms with van der Waals surface area (Å²) in [6.07, 6.45) is 0. The molecule has 0 spiro atoms. The summed E-state index contributed by atoms with van der Waals surface area (Å²) in [5, 5.41) is 1.38. The van der Waals surface area contributed by atoms with Crippen molar-refractivity contribution in [3.8, 4) is 17.0 Å². The monoisotopic (exact) mass is 298 g/mol. The third-order valence-electron chi connectivity index (χ3n) is 3.60. The number of anilines is 1. The molecule has 0 atom stereocenters. The van der Waals surface area contributed by atoms with E-state index in [4.69, 9.17) is 27.1 Å². The van der Waals surface area contributed by atoms with Crippen molar-refractivity contribution >= 4 is 28.2 Å². The van der Waals surface area contributed by atoms with Crippen LogP contribution in [0, 0.1) is 6.92 Å². The average Bonchev–Trinajstić information content (AvgIpc) is 2.52. The minimum absolute atomic E-state index is 0.533. The molecule has 3 aromatic rings. The van der Waals surface area contributed by atoms with E-state index in [1.54, 1.807) is 13.2 Å². The highest BCUT2D eigenvalue weighted by molar-refractivity contribution is 6.33. The number of rotatable bonds is 2. The number of ether oxygens (including phenoxy) is 1. The molecule has 1 aromatic heterocycles. The minimum atomic E-state index is 0.533. The number of hydrogen-bond donors (Lipinski definition) is 1. The van der Waals surface area contributed by atoms with Gasteiger partial charge in [-0.25, -0.2) is 4.98 Å². The van der Waals surface area contributed by atoms with Gasteiger partial charge in [-0.05, 0) is 18.6 Å². The second-order valence-electron chi connectivity index (χ2n) is 4.87. The van der Waals surface area contributed by atoms with E-state index in [2.05, 4.69) is 0 Å². The van der Waals surface area contributed by atoms with E-state index in [1.165, 1.54) is 0 Å². The molecule has 2 aromatic carbocycles. The topological polar surface area (TPSA) is 48.1 Å². The number of hydrogen-bond acceptors (Lipinski definition) is 3. The molecule has 1 heterocycles. The zero-order valence-corrected chi connectivity index (χ0v) is 12.6. The van der Waals surface area contributed by atoms with Gasteiger partial charge in [0, 0.05) is 22.7 Å². The van der Waals surface area contributed by atoms with Crippen molar-refractivity contribution in [2.45, 2.75) is 6.92 Å². The fourth-order valence-electron chi connectivity index (χ4n) is 2.42. The molecule has 106 valence electrons. The number of fused-ring (bicyclic) bond motifs is 1. The van der Waals surface area contributed by atoms with E-state index in [0.29, 0.717) is 16.5 Å². The molecule has 2 N–H and O–H groups in total. The van der Waals surface area contributed by atoms with Gasteiger partial charge in [0.15, 0.2) is 0 Å². The molecule has 0 amide bonds. The maximum atomic E-state index is 6.28. The molecule has 0 bridgehead atoms. The van der Waals surface area contributed by atoms with Gasteiger partial charge in [-0.15, -0.1) is 0 Å². The van der Waals surface area contributed by atoms with Crippen molar-refractivity contribution in [2.24, 2.45) is 0 Å². The van der Waals surface area contributed by atoms with Crippen LogP contribution in [0.2, 0.25) is 5.02 Å². The maximum absolute atomic E-state index is 6.28. The summed E-state index contributed by atoms with van der Waals surface area (Å²) in [7, 11) is 1.59. The highest BCUT2D eigenvalue weighted by Crippen LogP contribution is 2.36. The number of aromatic nitrogens is 1. The van der Waals surface area contributed by atoms with E-state index >= 15 is 0 Å². The molecule has 3 rings (SSSR count). The van der Waals surface area contributed by atoms with Crippen LogP contribution in [0.3, 0.4) is 0 Å². The Kier molecular flexibility index (Phi) is 3.43. The molecule has 0 aliphatic rings. The first kappa shape index (κ1) is 13.7. The zero-order valence-electron chi connectivity index (χ0n) is 11.9. The molecular weight excluding hydrogens is 284 g/mol. The lowest BCUT2D eigenvalue weighted by Gasteiger charge is -2.13. The van der Waals surface area contributed by atoms with Crippen LogP contribution in [0.25, 0.3) is 22.2 Å². The number of nitrogen functional groups attached to an aromatic ring is 1. The molecule has 0 fully saturated rings. The molecule has 0 aliphatic heterocycles. The summed E-state index contributed by atoms with van der Waals surface area (Å²) in [5.74, 6) is 0.596. The molecule has 3 nitrogen and oxygen atoms in total. The molecule has 0 saturated heterocycles. The number of benzene rings is 2. The van der Waals surface area contributed by atoms with Crippen molar-refractivity contribution in [3.05, 3.63) is 53.1 Å². The average molecular weight is 299 g/mol. The molecule has 21 heavy (non-hydrogen) atoms. The third kappa shape index (κ3) is 2.30. The fourth-order valence-corrected chi connectivity index (χ4v) is 2.66. The van der Waals surface area contributed by atoms with Gasteiger partial charge in [-0.3, -0.25) is 0 Å². The first-order valence-corrected chi connectivity index (χ1v) is 6.98. The van der Waals surface area contributed by atoms with Crippen molar-refractivity contribution in [3.63, 3.8) is 0 Å². The van der Waals surface area contributed by atoms with Gasteiger partial charge in [0.25, 0.3) is 0 Å². The Hall–Kier alpha value is -2.26. The van der Waals surface area contributed by atoms with Gasteiger partial charge in [0.05, 0.1) is 23.3 Å². The van der Waals surface area contributed by atoms with Crippen molar-refractivity contribution in [1.82, 2.24) is 4.98 Å². The lowest BCUT2D eigenvalue weighted by Crippen LogP contribution is -1.98. The number of methoxy groups -OCH3 is 1. The minimum Gasteiger partial charge on any atom is -0.495 e. The van der Waals surface area contributed by atoms with Crippen LogP contribution in [0.1, 0.15) is 5.56 Å². The number of halogens is 1. The zero-order chi connectivity index (χ0) is 15.0. The molecule has 0 radical (unpaired) electrons. The predicted octanol–water partition coefficient (Wildman–Crippen LogP) is 4.45. The number of nitrogens with two attached hydrogens (primary N) is 1. The van der Waals surface area contributed by atoms with Gasteiger partial charge >= 0.3 is 0 Å². The number of nitrogens with zero attached hydrogens (tertiary/aromatic N) is 1. The smallest absolute Gasteiger partial charge is 0.139 e. The van der Waals surface area contributed by atoms with Crippen LogP contribution in [-0.4, -0.2) is 12.1 Å². The van der Waals surface area contributed by atoms with Crippen LogP contribution in [0.4, 0.5) is 5.69 Å². The Balaban J connectivity index is 2.33. The highest BCUT2D eigenvalue weighted by atomic mass is 35.5. The summed E-state index contributed by atoms with van der Waals surface area (Å²) in [6.45, 7) is 1.97. The van der Waals surface area contributed by atoms with Crippen molar-refractivity contribution < 1.29 is 4.74 Å². The van der Waals surface area contributed by atoms with E-state index in [9.17, 15) is 0 Å². The summed E-state index contributed by atoms with van der Waals surface area (Å²) in [4.78, 5) is 4.74. The van der Waals surface area contributed by atoms with Gasteiger partial charge in [0.1, 0.15) is 5.75 Å². The Bertz CT molecular complexity index is 816. The van der Waals surface area contributed by atoms with Crippen LogP contribution in [-0.2, 0) is 0 Å². The van der Waals surface area contributed by atoms with Gasteiger partial charge in [0.2, 0.25) is 0 Å². The van der Waals surface area contributed by atoms with Gasteiger partial charge < -0.3 is 10.5 Å². The normalized spacial score (nSPS) is 10.8. The lowest BCUT2D eigenvalue weighted by molar-refractivity contribution is 0.415. The Morgan fingerprint density at radius 1 is 1.14 bits per heavy atom. The number of pyridine rings is 1. The van der Waals surface area contributed by atoms with Crippen LogP contribution >= 0.6 is 11.6 Å². The molecule has 0 aliphatic carbocycles. The van der Waals surface area contributed by atoms with Gasteiger partial charge in [-0.2, -0.15) is 0 Å². The third-order valence-corrected chi connectivity index (χ3v) is 3.89. The molecule has 4 heteroatoms. The van der Waals surface area contributed by atoms with Crippen LogP contribution in [0.5, 0.6) is 5.75 Å². The van der Waals surface area contributed by atoms with Gasteiger partial charge in [-0.1, -0.05) is 41.9 Å². The van der Waals surface area contributed by atoms with Crippen molar-refractivity contribution in [2.75, 3.05) is 12.8 Å². The Morgan fingerprint density at radius 2 is 1.86 bits per heavy atom. The maximum Gasteiger partial charge on any atom is 0.139 e. The lowest BCUT2D eigenvalue weighted by atomic mass is 10.0. The Morgan fingerprint density at radius 3 is 2.52 bits per heavy atom. The van der Waals surface area contributed by atoms with Crippen LogP contribution < -0.4 is 10.5 Å². The van der Waals surface area contributed by atoms with Crippen molar-refractivity contribution in [1.29, 1.82) is 0 Å². The van der Waals surface area contributed by atoms with E-state index in [1.807, 2.05) is 43.3 Å². The summed E-state index contributed by atoms with van der Waals surface area (Å²) in [5.41, 5.74) is 10.6. The molecule has 0 unspecified atom stereocenters.